The maximum Gasteiger partial charge on any atom is 0.310 e. The summed E-state index contributed by atoms with van der Waals surface area (Å²) in [4.78, 5) is 14.1. The summed E-state index contributed by atoms with van der Waals surface area (Å²) in [5.41, 5.74) is 1.32. The van der Waals surface area contributed by atoms with Gasteiger partial charge in [-0.2, -0.15) is 0 Å². The number of para-hydroxylation sites is 1. The van der Waals surface area contributed by atoms with Crippen LogP contribution >= 0.6 is 0 Å². The molecule has 1 aromatic carbocycles. The third-order valence-corrected chi connectivity index (χ3v) is 2.66. The van der Waals surface area contributed by atoms with E-state index in [9.17, 15) is 10.1 Å². The molecule has 1 heterocycles. The average molecular weight is 259 g/mol. The summed E-state index contributed by atoms with van der Waals surface area (Å²) in [5, 5.41) is 13.9. The molecule has 0 aliphatic carbocycles. The van der Waals surface area contributed by atoms with Crippen molar-refractivity contribution >= 4 is 11.4 Å². The molecule has 0 radical (unpaired) electrons. The fraction of sp³-hybridized carbons (Fsp3) is 0.154. The normalized spacial score (nSPS) is 9.95. The number of nitro groups is 1. The lowest BCUT2D eigenvalue weighted by Crippen LogP contribution is -2.04. The van der Waals surface area contributed by atoms with E-state index < -0.39 is 4.92 Å². The predicted molar refractivity (Wildman–Crippen MR) is 71.2 cm³/mol. The SMILES string of the molecule is COc1ccccc1CNc1ccncc1[N+](=O)[O-]. The van der Waals surface area contributed by atoms with Gasteiger partial charge in [-0.3, -0.25) is 15.1 Å². The Morgan fingerprint density at radius 3 is 2.89 bits per heavy atom. The molecule has 0 aliphatic rings. The topological polar surface area (TPSA) is 77.3 Å². The molecule has 98 valence electrons. The molecule has 2 rings (SSSR count). The summed E-state index contributed by atoms with van der Waals surface area (Å²) >= 11 is 0. The van der Waals surface area contributed by atoms with Gasteiger partial charge in [-0.15, -0.1) is 0 Å². The second kappa shape index (κ2) is 5.81. The third kappa shape index (κ3) is 2.98. The van der Waals surface area contributed by atoms with Gasteiger partial charge in [0.2, 0.25) is 0 Å². The molecule has 1 aromatic heterocycles. The fourth-order valence-electron chi connectivity index (χ4n) is 1.72. The molecule has 1 N–H and O–H groups in total. The number of benzene rings is 1. The largest absolute Gasteiger partial charge is 0.496 e. The van der Waals surface area contributed by atoms with E-state index in [4.69, 9.17) is 4.74 Å². The highest BCUT2D eigenvalue weighted by atomic mass is 16.6. The first-order chi connectivity index (χ1) is 9.22. The molecule has 6 heteroatoms. The first-order valence-corrected chi connectivity index (χ1v) is 5.66. The quantitative estimate of drug-likeness (QED) is 0.659. The molecule has 2 aromatic rings. The van der Waals surface area contributed by atoms with Gasteiger partial charge >= 0.3 is 5.69 Å². The van der Waals surface area contributed by atoms with E-state index >= 15 is 0 Å². The summed E-state index contributed by atoms with van der Waals surface area (Å²) in [6.45, 7) is 0.439. The van der Waals surface area contributed by atoms with Gasteiger partial charge in [-0.05, 0) is 12.1 Å². The minimum absolute atomic E-state index is 0.0441. The molecule has 0 fully saturated rings. The first-order valence-electron chi connectivity index (χ1n) is 5.66. The van der Waals surface area contributed by atoms with Crippen molar-refractivity contribution < 1.29 is 9.66 Å². The number of aromatic nitrogens is 1. The first kappa shape index (κ1) is 12.8. The Hall–Kier alpha value is -2.63. The number of nitrogens with one attached hydrogen (secondary N) is 1. The molecular formula is C13H13N3O3. The van der Waals surface area contributed by atoms with Gasteiger partial charge in [-0.1, -0.05) is 18.2 Å². The minimum Gasteiger partial charge on any atom is -0.496 e. The number of pyridine rings is 1. The molecule has 0 saturated heterocycles. The Labute approximate surface area is 110 Å². The van der Waals surface area contributed by atoms with Gasteiger partial charge in [0.25, 0.3) is 0 Å². The van der Waals surface area contributed by atoms with Crippen LogP contribution in [0.3, 0.4) is 0 Å². The smallest absolute Gasteiger partial charge is 0.310 e. The number of nitrogens with zero attached hydrogens (tertiary/aromatic N) is 2. The Bertz CT molecular complexity index is 587. The summed E-state index contributed by atoms with van der Waals surface area (Å²) in [5.74, 6) is 0.742. The van der Waals surface area contributed by atoms with Crippen molar-refractivity contribution in [1.29, 1.82) is 0 Å². The van der Waals surface area contributed by atoms with Crippen molar-refractivity contribution in [2.24, 2.45) is 0 Å². The maximum absolute atomic E-state index is 10.9. The molecule has 0 amide bonds. The number of ether oxygens (including phenoxy) is 1. The highest BCUT2D eigenvalue weighted by molar-refractivity contribution is 5.60. The van der Waals surface area contributed by atoms with E-state index in [2.05, 4.69) is 10.3 Å². The summed E-state index contributed by atoms with van der Waals surface area (Å²) < 4.78 is 5.23. The molecule has 0 aliphatic heterocycles. The summed E-state index contributed by atoms with van der Waals surface area (Å²) in [6.07, 6.45) is 2.74. The zero-order chi connectivity index (χ0) is 13.7. The zero-order valence-electron chi connectivity index (χ0n) is 10.4. The zero-order valence-corrected chi connectivity index (χ0v) is 10.4. The van der Waals surface area contributed by atoms with Crippen LogP contribution in [0.4, 0.5) is 11.4 Å². The number of hydrogen-bond acceptors (Lipinski definition) is 5. The molecular weight excluding hydrogens is 246 g/mol. The van der Waals surface area contributed by atoms with E-state index in [1.54, 1.807) is 13.2 Å². The predicted octanol–water partition coefficient (Wildman–Crippen LogP) is 2.61. The summed E-state index contributed by atoms with van der Waals surface area (Å²) in [6, 6.07) is 9.09. The Morgan fingerprint density at radius 2 is 2.16 bits per heavy atom. The second-order valence-corrected chi connectivity index (χ2v) is 3.82. The third-order valence-electron chi connectivity index (χ3n) is 2.66. The molecule has 0 bridgehead atoms. The van der Waals surface area contributed by atoms with Crippen LogP contribution < -0.4 is 10.1 Å². The lowest BCUT2D eigenvalue weighted by Gasteiger charge is -2.10. The molecule has 19 heavy (non-hydrogen) atoms. The lowest BCUT2D eigenvalue weighted by molar-refractivity contribution is -0.384. The van der Waals surface area contributed by atoms with Crippen LogP contribution in [0.2, 0.25) is 0 Å². The van der Waals surface area contributed by atoms with Gasteiger partial charge in [-0.25, -0.2) is 0 Å². The van der Waals surface area contributed by atoms with Gasteiger partial charge in [0, 0.05) is 18.3 Å². The van der Waals surface area contributed by atoms with Crippen LogP contribution in [0.1, 0.15) is 5.56 Å². The number of methoxy groups -OCH3 is 1. The lowest BCUT2D eigenvalue weighted by atomic mass is 10.2. The van der Waals surface area contributed by atoms with Gasteiger partial charge in [0.1, 0.15) is 17.6 Å². The Balaban J connectivity index is 2.17. The molecule has 0 saturated carbocycles. The number of anilines is 1. The van der Waals surface area contributed by atoms with E-state index in [1.165, 1.54) is 12.4 Å². The van der Waals surface area contributed by atoms with E-state index in [-0.39, 0.29) is 5.69 Å². The highest BCUT2D eigenvalue weighted by Gasteiger charge is 2.13. The summed E-state index contributed by atoms with van der Waals surface area (Å²) in [7, 11) is 1.59. The molecule has 0 atom stereocenters. The van der Waals surface area contributed by atoms with Crippen molar-refractivity contribution in [1.82, 2.24) is 4.98 Å². The Morgan fingerprint density at radius 1 is 1.37 bits per heavy atom. The monoisotopic (exact) mass is 259 g/mol. The van der Waals surface area contributed by atoms with Crippen LogP contribution in [0.25, 0.3) is 0 Å². The van der Waals surface area contributed by atoms with E-state index in [0.717, 1.165) is 11.3 Å². The molecule has 0 spiro atoms. The van der Waals surface area contributed by atoms with E-state index in [0.29, 0.717) is 12.2 Å². The van der Waals surface area contributed by atoms with Crippen molar-refractivity contribution in [2.75, 3.05) is 12.4 Å². The van der Waals surface area contributed by atoms with Crippen LogP contribution in [-0.4, -0.2) is 17.0 Å². The van der Waals surface area contributed by atoms with Crippen molar-refractivity contribution in [3.8, 4) is 5.75 Å². The van der Waals surface area contributed by atoms with Gasteiger partial charge < -0.3 is 10.1 Å². The van der Waals surface area contributed by atoms with Gasteiger partial charge in [0.05, 0.1) is 12.0 Å². The van der Waals surface area contributed by atoms with Crippen LogP contribution in [-0.2, 0) is 6.54 Å². The van der Waals surface area contributed by atoms with E-state index in [1.807, 2.05) is 24.3 Å². The van der Waals surface area contributed by atoms with Crippen molar-refractivity contribution in [3.05, 3.63) is 58.4 Å². The minimum atomic E-state index is -0.461. The fourth-order valence-corrected chi connectivity index (χ4v) is 1.72. The van der Waals surface area contributed by atoms with Crippen LogP contribution in [0, 0.1) is 10.1 Å². The molecule has 0 unspecified atom stereocenters. The van der Waals surface area contributed by atoms with Crippen LogP contribution in [0.15, 0.2) is 42.7 Å². The van der Waals surface area contributed by atoms with Crippen molar-refractivity contribution in [3.63, 3.8) is 0 Å². The maximum atomic E-state index is 10.9. The number of hydrogen-bond donors (Lipinski definition) is 1. The molecule has 6 nitrogen and oxygen atoms in total. The average Bonchev–Trinajstić information content (AvgIpc) is 2.45. The van der Waals surface area contributed by atoms with Crippen molar-refractivity contribution in [2.45, 2.75) is 6.54 Å². The van der Waals surface area contributed by atoms with Gasteiger partial charge in [0.15, 0.2) is 0 Å². The standard InChI is InChI=1S/C13H13N3O3/c1-19-13-5-3-2-4-10(13)8-15-11-6-7-14-9-12(11)16(17)18/h2-7,9H,8H2,1H3,(H,14,15). The van der Waals surface area contributed by atoms with Crippen LogP contribution in [0.5, 0.6) is 5.75 Å². The Kier molecular flexibility index (Phi) is 3.92. The second-order valence-electron chi connectivity index (χ2n) is 3.82. The highest BCUT2D eigenvalue weighted by Crippen LogP contribution is 2.24. The number of rotatable bonds is 5.